The first-order chi connectivity index (χ1) is 8.48. The first kappa shape index (κ1) is 21.1. The lowest BCUT2D eigenvalue weighted by Crippen LogP contribution is -2.46. The third-order valence-corrected chi connectivity index (χ3v) is 1.60. The van der Waals surface area contributed by atoms with Gasteiger partial charge < -0.3 is 4.74 Å². The van der Waals surface area contributed by atoms with E-state index >= 15 is 0 Å². The Kier molecular flexibility index (Phi) is 6.83. The van der Waals surface area contributed by atoms with Crippen LogP contribution in [0.1, 0.15) is 13.8 Å². The van der Waals surface area contributed by atoms with E-state index in [0.717, 1.165) is 0 Å². The summed E-state index contributed by atoms with van der Waals surface area (Å²) in [6.45, 7) is -2.01. The maximum Gasteiger partial charge on any atom is 0.452 e. The first-order valence-corrected chi connectivity index (χ1v) is 4.42. The molecule has 0 spiro atoms. The van der Waals surface area contributed by atoms with Crippen LogP contribution in [0.15, 0.2) is 0 Å². The molecular weight excluding hydrogens is 318 g/mol. The Balaban J connectivity index is 0. The second-order valence-electron chi connectivity index (χ2n) is 3.43. The molecule has 0 radical (unpaired) electrons. The van der Waals surface area contributed by atoms with Gasteiger partial charge in [-0.2, -0.15) is 35.1 Å². The summed E-state index contributed by atoms with van der Waals surface area (Å²) < 4.78 is 116. The molecule has 0 saturated carbocycles. The summed E-state index contributed by atoms with van der Waals surface area (Å²) >= 11 is 0. The minimum absolute atomic E-state index is 0.0367. The van der Waals surface area contributed by atoms with E-state index in [1.54, 1.807) is 0 Å². The highest BCUT2D eigenvalue weighted by Crippen LogP contribution is 2.35. The van der Waals surface area contributed by atoms with Gasteiger partial charge in [0.05, 0.1) is 0 Å². The van der Waals surface area contributed by atoms with Crippen LogP contribution in [0.3, 0.4) is 0 Å². The second-order valence-corrected chi connectivity index (χ2v) is 3.43. The van der Waals surface area contributed by atoms with Crippen molar-refractivity contribution in [3.05, 3.63) is 0 Å². The minimum atomic E-state index is -5.40. The largest absolute Gasteiger partial charge is 0.452 e. The molecule has 1 unspecified atom stereocenters. The average Bonchev–Trinajstić information content (AvgIpc) is 2.13. The summed E-state index contributed by atoms with van der Waals surface area (Å²) in [6, 6.07) is 0. The van der Waals surface area contributed by atoms with E-state index in [2.05, 4.69) is 4.74 Å². The number of alkyl halides is 10. The Morgan fingerprint density at radius 2 is 1.15 bits per heavy atom. The summed E-state index contributed by atoms with van der Waals surface area (Å²) in [5.74, 6) is -6.84. The van der Waals surface area contributed by atoms with Crippen LogP contribution in [0.5, 0.6) is 0 Å². The van der Waals surface area contributed by atoms with E-state index in [-0.39, 0.29) is 13.8 Å². The molecule has 0 saturated heterocycles. The lowest BCUT2D eigenvalue weighted by atomic mass is 10.1. The quantitative estimate of drug-likeness (QED) is 0.567. The Bertz CT molecular complexity index is 299. The van der Waals surface area contributed by atoms with Gasteiger partial charge in [0.25, 0.3) is 5.67 Å². The van der Waals surface area contributed by atoms with E-state index in [9.17, 15) is 48.7 Å². The Morgan fingerprint density at radius 1 is 0.850 bits per heavy atom. The maximum atomic E-state index is 12.4. The van der Waals surface area contributed by atoms with Crippen LogP contribution in [0.2, 0.25) is 0 Å². The monoisotopic (exact) mass is 326 g/mol. The topological polar surface area (TPSA) is 26.3 Å². The van der Waals surface area contributed by atoms with Crippen LogP contribution in [0, 0.1) is 0 Å². The van der Waals surface area contributed by atoms with E-state index < -0.39 is 36.8 Å². The molecule has 0 aromatic carbocycles. The fraction of sp³-hybridized carbons (Fsp3) is 0.875. The molecular formula is C8H8F10O2. The lowest BCUT2D eigenvalue weighted by molar-refractivity contribution is -0.273. The van der Waals surface area contributed by atoms with E-state index in [4.69, 9.17) is 0 Å². The van der Waals surface area contributed by atoms with Crippen molar-refractivity contribution < 1.29 is 53.4 Å². The smallest absolute Gasteiger partial charge is 0.431 e. The van der Waals surface area contributed by atoms with Crippen molar-refractivity contribution in [1.29, 1.82) is 0 Å². The second kappa shape index (κ2) is 6.48. The van der Waals surface area contributed by atoms with Crippen molar-refractivity contribution in [2.24, 2.45) is 0 Å². The molecule has 0 aromatic heterocycles. The fourth-order valence-electron chi connectivity index (χ4n) is 0.301. The molecule has 0 heterocycles. The molecule has 0 aliphatic heterocycles. The Morgan fingerprint density at radius 3 is 1.30 bits per heavy atom. The summed E-state index contributed by atoms with van der Waals surface area (Å²) in [5.41, 5.74) is -4.15. The van der Waals surface area contributed by atoms with Gasteiger partial charge in [0, 0.05) is 6.92 Å². The minimum Gasteiger partial charge on any atom is -0.431 e. The van der Waals surface area contributed by atoms with E-state index in [1.165, 1.54) is 0 Å². The molecule has 0 aromatic rings. The predicted octanol–water partition coefficient (Wildman–Crippen LogP) is 3.95. The van der Waals surface area contributed by atoms with Crippen molar-refractivity contribution >= 4 is 5.97 Å². The highest BCUT2D eigenvalue weighted by molar-refractivity contribution is 5.79. The number of rotatable bonds is 2. The number of hydrogen-bond acceptors (Lipinski definition) is 2. The van der Waals surface area contributed by atoms with E-state index in [0.29, 0.717) is 0 Å². The van der Waals surface area contributed by atoms with E-state index in [1.807, 2.05) is 0 Å². The number of hydrogen-bond donors (Lipinski definition) is 0. The SMILES string of the molecule is CC(F)(C(=O)OCF)C(F)(F)F.CC(F)(F)C(F)(F)F. The molecule has 0 bridgehead atoms. The average molecular weight is 326 g/mol. The number of ether oxygens (including phenoxy) is 1. The van der Waals surface area contributed by atoms with Gasteiger partial charge in [-0.15, -0.1) is 0 Å². The standard InChI is InChI=1S/C5H5F5O2.C3H3F5/c1-4(7,5(8,9)10)3(11)12-2-6;1-2(4,5)3(6,7)8/h2H2,1H3;1H3. The number of carbonyl (C=O) groups excluding carboxylic acids is 1. The van der Waals surface area contributed by atoms with Crippen LogP contribution < -0.4 is 0 Å². The normalized spacial score (nSPS) is 15.8. The van der Waals surface area contributed by atoms with Crippen LogP contribution in [-0.2, 0) is 9.53 Å². The van der Waals surface area contributed by atoms with Gasteiger partial charge in [0.15, 0.2) is 0 Å². The molecule has 2 nitrogen and oxygen atoms in total. The van der Waals surface area contributed by atoms with Crippen molar-refractivity contribution in [2.75, 3.05) is 6.86 Å². The van der Waals surface area contributed by atoms with Crippen LogP contribution in [0.25, 0.3) is 0 Å². The summed E-state index contributed by atoms with van der Waals surface area (Å²) in [5, 5.41) is 0. The molecule has 0 N–H and O–H groups in total. The molecule has 20 heavy (non-hydrogen) atoms. The molecule has 1 atom stereocenters. The lowest BCUT2D eigenvalue weighted by Gasteiger charge is -2.20. The molecule has 0 amide bonds. The van der Waals surface area contributed by atoms with Gasteiger partial charge in [0.1, 0.15) is 0 Å². The third-order valence-electron chi connectivity index (χ3n) is 1.60. The number of esters is 1. The Labute approximate surface area is 105 Å². The fourth-order valence-corrected chi connectivity index (χ4v) is 0.301. The van der Waals surface area contributed by atoms with Crippen LogP contribution in [-0.4, -0.2) is 36.8 Å². The molecule has 0 aliphatic carbocycles. The third kappa shape index (κ3) is 6.28. The zero-order valence-electron chi connectivity index (χ0n) is 9.80. The Hall–Kier alpha value is -1.23. The van der Waals surface area contributed by atoms with Gasteiger partial charge in [-0.1, -0.05) is 0 Å². The highest BCUT2D eigenvalue weighted by atomic mass is 19.4. The molecule has 0 fully saturated rings. The first-order valence-electron chi connectivity index (χ1n) is 4.42. The molecule has 0 rings (SSSR count). The van der Waals surface area contributed by atoms with Crippen molar-refractivity contribution in [1.82, 2.24) is 0 Å². The van der Waals surface area contributed by atoms with Gasteiger partial charge in [-0.05, 0) is 6.92 Å². The zero-order valence-corrected chi connectivity index (χ0v) is 9.80. The summed E-state index contributed by atoms with van der Waals surface area (Å²) in [7, 11) is 0. The van der Waals surface area contributed by atoms with Crippen LogP contribution >= 0.6 is 0 Å². The predicted molar refractivity (Wildman–Crippen MR) is 44.3 cm³/mol. The van der Waals surface area contributed by atoms with Gasteiger partial charge in [0.2, 0.25) is 6.86 Å². The maximum absolute atomic E-state index is 12.4. The van der Waals surface area contributed by atoms with Crippen molar-refractivity contribution in [3.63, 3.8) is 0 Å². The van der Waals surface area contributed by atoms with Gasteiger partial charge in [-0.25, -0.2) is 13.6 Å². The van der Waals surface area contributed by atoms with Crippen molar-refractivity contribution in [3.8, 4) is 0 Å². The summed E-state index contributed by atoms with van der Waals surface area (Å²) in [6.07, 6.45) is -10.8. The number of carbonyl (C=O) groups is 1. The van der Waals surface area contributed by atoms with Gasteiger partial charge in [-0.3, -0.25) is 0 Å². The zero-order chi connectivity index (χ0) is 17.0. The van der Waals surface area contributed by atoms with Crippen LogP contribution in [0.4, 0.5) is 43.9 Å². The molecule has 0 aliphatic rings. The molecule has 122 valence electrons. The molecule has 12 heteroatoms. The summed E-state index contributed by atoms with van der Waals surface area (Å²) in [4.78, 5) is 10.2. The van der Waals surface area contributed by atoms with Crippen molar-refractivity contribution in [2.45, 2.75) is 37.8 Å². The highest BCUT2D eigenvalue weighted by Gasteiger charge is 2.59. The number of halogens is 10. The van der Waals surface area contributed by atoms with Gasteiger partial charge >= 0.3 is 24.2 Å².